The Morgan fingerprint density at radius 2 is 2.00 bits per heavy atom. The van der Waals surface area contributed by atoms with Gasteiger partial charge in [0, 0.05) is 16.1 Å². The highest BCUT2D eigenvalue weighted by Gasteiger charge is 2.13. The van der Waals surface area contributed by atoms with Crippen LogP contribution in [0.2, 0.25) is 0 Å². The molecule has 2 N–H and O–H groups in total. The van der Waals surface area contributed by atoms with Gasteiger partial charge in [-0.1, -0.05) is 34.6 Å². The van der Waals surface area contributed by atoms with E-state index in [4.69, 9.17) is 4.42 Å². The summed E-state index contributed by atoms with van der Waals surface area (Å²) in [5.41, 5.74) is 0.787. The van der Waals surface area contributed by atoms with E-state index in [-0.39, 0.29) is 17.0 Å². The first kappa shape index (κ1) is 18.5. The Kier molecular flexibility index (Phi) is 6.80. The summed E-state index contributed by atoms with van der Waals surface area (Å²) in [6.07, 6.45) is 0.789. The van der Waals surface area contributed by atoms with Gasteiger partial charge in [-0.2, -0.15) is 0 Å². The Morgan fingerprint density at radius 3 is 2.67 bits per heavy atom. The summed E-state index contributed by atoms with van der Waals surface area (Å²) in [6.45, 7) is 3.81. The Morgan fingerprint density at radius 1 is 1.29 bits per heavy atom. The van der Waals surface area contributed by atoms with Gasteiger partial charge in [0.15, 0.2) is 0 Å². The lowest BCUT2D eigenvalue weighted by Gasteiger charge is -2.11. The monoisotopic (exact) mass is 412 g/mol. The number of imide groups is 1. The van der Waals surface area contributed by atoms with Crippen LogP contribution in [-0.4, -0.2) is 33.9 Å². The van der Waals surface area contributed by atoms with Gasteiger partial charge in [-0.05, 0) is 37.6 Å². The molecule has 2 aromatic rings. The second-order valence-corrected chi connectivity index (χ2v) is 6.84. The molecule has 3 amide bonds. The van der Waals surface area contributed by atoms with E-state index in [1.165, 1.54) is 0 Å². The molecule has 0 bridgehead atoms. The number of thioether (sulfide) groups is 1. The average Bonchev–Trinajstić information content (AvgIpc) is 3.02. The average molecular weight is 413 g/mol. The van der Waals surface area contributed by atoms with E-state index in [9.17, 15) is 9.59 Å². The first-order valence-corrected chi connectivity index (χ1v) is 9.08. The Labute approximate surface area is 152 Å². The Balaban J connectivity index is 1.83. The number of amides is 3. The number of benzene rings is 1. The van der Waals surface area contributed by atoms with Crippen molar-refractivity contribution in [3.8, 4) is 11.5 Å². The lowest BCUT2D eigenvalue weighted by Crippen LogP contribution is -2.43. The topological polar surface area (TPSA) is 97.1 Å². The van der Waals surface area contributed by atoms with Gasteiger partial charge >= 0.3 is 6.03 Å². The fourth-order valence-corrected chi connectivity index (χ4v) is 2.46. The zero-order valence-corrected chi connectivity index (χ0v) is 15.6. The van der Waals surface area contributed by atoms with Crippen LogP contribution in [0.4, 0.5) is 4.79 Å². The molecule has 0 saturated carbocycles. The van der Waals surface area contributed by atoms with Crippen LogP contribution in [0, 0.1) is 0 Å². The minimum absolute atomic E-state index is 0.00913. The molecule has 0 spiro atoms. The summed E-state index contributed by atoms with van der Waals surface area (Å²) in [5, 5.41) is 13.0. The van der Waals surface area contributed by atoms with Gasteiger partial charge in [0.2, 0.25) is 11.8 Å². The predicted molar refractivity (Wildman–Crippen MR) is 94.6 cm³/mol. The van der Waals surface area contributed by atoms with E-state index in [1.807, 2.05) is 38.1 Å². The molecule has 1 aromatic carbocycles. The molecule has 0 aliphatic rings. The first-order valence-electron chi connectivity index (χ1n) is 7.30. The minimum atomic E-state index is -0.504. The minimum Gasteiger partial charge on any atom is -0.411 e. The predicted octanol–water partition coefficient (Wildman–Crippen LogP) is 3.22. The molecule has 0 fully saturated rings. The molecule has 0 unspecified atom stereocenters. The van der Waals surface area contributed by atoms with Crippen LogP contribution < -0.4 is 10.6 Å². The number of aromatic nitrogens is 2. The van der Waals surface area contributed by atoms with Gasteiger partial charge in [0.25, 0.3) is 5.22 Å². The molecule has 1 atom stereocenters. The van der Waals surface area contributed by atoms with E-state index in [0.717, 1.165) is 28.2 Å². The highest BCUT2D eigenvalue weighted by Crippen LogP contribution is 2.24. The zero-order valence-electron chi connectivity index (χ0n) is 13.2. The molecule has 128 valence electrons. The quantitative estimate of drug-likeness (QED) is 0.706. The van der Waals surface area contributed by atoms with Crippen molar-refractivity contribution in [2.24, 2.45) is 0 Å². The number of carbonyl (C=O) groups is 2. The number of rotatable bonds is 6. The highest BCUT2D eigenvalue weighted by atomic mass is 79.9. The summed E-state index contributed by atoms with van der Waals surface area (Å²) < 4.78 is 6.44. The third-order valence-corrected chi connectivity index (χ3v) is 4.41. The smallest absolute Gasteiger partial charge is 0.321 e. The number of nitrogens with one attached hydrogen (secondary N) is 2. The van der Waals surface area contributed by atoms with Crippen LogP contribution >= 0.6 is 27.7 Å². The summed E-state index contributed by atoms with van der Waals surface area (Å²) in [7, 11) is 0. The summed E-state index contributed by atoms with van der Waals surface area (Å²) in [5.74, 6) is -0.0419. The molecule has 1 aromatic heterocycles. The summed E-state index contributed by atoms with van der Waals surface area (Å²) in [6, 6.07) is 6.94. The molecule has 24 heavy (non-hydrogen) atoms. The molecule has 7 nitrogen and oxygen atoms in total. The number of nitrogens with zero attached hydrogens (tertiary/aromatic N) is 2. The number of carbonyl (C=O) groups excluding carboxylic acids is 2. The van der Waals surface area contributed by atoms with Crippen LogP contribution in [0.15, 0.2) is 38.4 Å². The molecule has 0 aliphatic carbocycles. The van der Waals surface area contributed by atoms with Gasteiger partial charge in [-0.3, -0.25) is 10.1 Å². The largest absolute Gasteiger partial charge is 0.411 e. The maximum Gasteiger partial charge on any atom is 0.321 e. The molecule has 0 radical (unpaired) electrons. The molecule has 0 saturated heterocycles. The number of urea groups is 1. The molecular weight excluding hydrogens is 396 g/mol. The van der Waals surface area contributed by atoms with Crippen LogP contribution in [0.5, 0.6) is 0 Å². The number of hydrogen-bond acceptors (Lipinski definition) is 6. The molecule has 9 heteroatoms. The SMILES string of the molecule is CC[C@H](C)NC(=O)NC(=O)CSc1nnc(-c2ccc(Br)cc2)o1. The van der Waals surface area contributed by atoms with Crippen LogP contribution in [0.1, 0.15) is 20.3 Å². The van der Waals surface area contributed by atoms with E-state index < -0.39 is 11.9 Å². The second kappa shape index (κ2) is 8.84. The first-order chi connectivity index (χ1) is 11.5. The molecule has 0 aliphatic heterocycles. The van der Waals surface area contributed by atoms with Crippen molar-refractivity contribution < 1.29 is 14.0 Å². The standard InChI is InChI=1S/C15H17BrN4O3S/c1-3-9(2)17-14(22)18-12(21)8-24-15-20-19-13(23-15)10-4-6-11(16)7-5-10/h4-7,9H,3,8H2,1-2H3,(H2,17,18,21,22)/t9-/m0/s1. The maximum absolute atomic E-state index is 11.7. The summed E-state index contributed by atoms with van der Waals surface area (Å²) >= 11 is 4.43. The van der Waals surface area contributed by atoms with Crippen molar-refractivity contribution >= 4 is 39.6 Å². The van der Waals surface area contributed by atoms with E-state index >= 15 is 0 Å². The highest BCUT2D eigenvalue weighted by molar-refractivity contribution is 9.10. The van der Waals surface area contributed by atoms with Gasteiger partial charge in [0.1, 0.15) is 0 Å². The Hall–Kier alpha value is -1.87. The van der Waals surface area contributed by atoms with Crippen molar-refractivity contribution in [2.45, 2.75) is 31.5 Å². The van der Waals surface area contributed by atoms with Gasteiger partial charge in [0.05, 0.1) is 5.75 Å². The van der Waals surface area contributed by atoms with Crippen molar-refractivity contribution in [1.82, 2.24) is 20.8 Å². The Bertz CT molecular complexity index is 705. The van der Waals surface area contributed by atoms with Crippen LogP contribution in [0.25, 0.3) is 11.5 Å². The molecule has 1 heterocycles. The zero-order chi connectivity index (χ0) is 17.5. The second-order valence-electron chi connectivity index (χ2n) is 5.00. The fourth-order valence-electron chi connectivity index (χ4n) is 1.63. The van der Waals surface area contributed by atoms with Crippen LogP contribution in [0.3, 0.4) is 0 Å². The van der Waals surface area contributed by atoms with Crippen LogP contribution in [-0.2, 0) is 4.79 Å². The van der Waals surface area contributed by atoms with Crippen molar-refractivity contribution in [2.75, 3.05) is 5.75 Å². The van der Waals surface area contributed by atoms with E-state index in [2.05, 4.69) is 36.8 Å². The summed E-state index contributed by atoms with van der Waals surface area (Å²) in [4.78, 5) is 23.3. The lowest BCUT2D eigenvalue weighted by molar-refractivity contribution is -0.117. The van der Waals surface area contributed by atoms with E-state index in [0.29, 0.717) is 5.89 Å². The molecule has 2 rings (SSSR count). The van der Waals surface area contributed by atoms with Crippen molar-refractivity contribution in [3.63, 3.8) is 0 Å². The normalized spacial score (nSPS) is 11.8. The lowest BCUT2D eigenvalue weighted by atomic mass is 10.2. The van der Waals surface area contributed by atoms with Gasteiger partial charge < -0.3 is 9.73 Å². The van der Waals surface area contributed by atoms with Gasteiger partial charge in [-0.25, -0.2) is 4.79 Å². The third kappa shape index (κ3) is 5.64. The number of hydrogen-bond donors (Lipinski definition) is 2. The maximum atomic E-state index is 11.7. The van der Waals surface area contributed by atoms with Gasteiger partial charge in [-0.15, -0.1) is 10.2 Å². The third-order valence-electron chi connectivity index (χ3n) is 3.07. The van der Waals surface area contributed by atoms with Crippen molar-refractivity contribution in [1.29, 1.82) is 0 Å². The fraction of sp³-hybridized carbons (Fsp3) is 0.333. The number of halogens is 1. The van der Waals surface area contributed by atoms with E-state index in [1.54, 1.807) is 0 Å². The van der Waals surface area contributed by atoms with Crippen molar-refractivity contribution in [3.05, 3.63) is 28.7 Å². The molecular formula is C15H17BrN4O3S.